The number of methoxy groups -OCH3 is 1. The summed E-state index contributed by atoms with van der Waals surface area (Å²) in [5.41, 5.74) is 4.09. The molecule has 1 aliphatic rings. The number of thiophene rings is 1. The van der Waals surface area contributed by atoms with Crippen LogP contribution >= 0.6 is 22.9 Å². The average Bonchev–Trinajstić information content (AvgIpc) is 3.71. The molecule has 0 spiro atoms. The quantitative estimate of drug-likeness (QED) is 0.113. The first-order valence-corrected chi connectivity index (χ1v) is 17.0. The summed E-state index contributed by atoms with van der Waals surface area (Å²) < 4.78 is 25.1. The van der Waals surface area contributed by atoms with E-state index in [-0.39, 0.29) is 18.1 Å². The van der Waals surface area contributed by atoms with Gasteiger partial charge in [0.05, 0.1) is 24.0 Å². The summed E-state index contributed by atoms with van der Waals surface area (Å²) in [5.74, 6) is 0.746. The molecule has 0 radical (unpaired) electrons. The van der Waals surface area contributed by atoms with Crippen LogP contribution in [-0.2, 0) is 9.47 Å². The summed E-state index contributed by atoms with van der Waals surface area (Å²) in [7, 11) is 1.35. The average molecular weight is 689 g/mol. The van der Waals surface area contributed by atoms with Gasteiger partial charge in [0.15, 0.2) is 4.88 Å². The van der Waals surface area contributed by atoms with Gasteiger partial charge in [0, 0.05) is 44.4 Å². The monoisotopic (exact) mass is 688 g/mol. The topological polar surface area (TPSA) is 105 Å². The minimum Gasteiger partial charge on any atom is -0.490 e. The Kier molecular flexibility index (Phi) is 9.88. The molecule has 5 aromatic rings. The first-order chi connectivity index (χ1) is 23.1. The third kappa shape index (κ3) is 7.58. The molecule has 6 rings (SSSR count). The predicted molar refractivity (Wildman–Crippen MR) is 186 cm³/mol. The van der Waals surface area contributed by atoms with E-state index in [0.717, 1.165) is 38.5 Å². The molecular weight excluding hydrogens is 652 g/mol. The third-order valence-corrected chi connectivity index (χ3v) is 9.29. The number of amides is 1. The number of benzene rings is 2. The van der Waals surface area contributed by atoms with Crippen molar-refractivity contribution in [3.05, 3.63) is 89.8 Å². The molecule has 48 heavy (non-hydrogen) atoms. The first-order valence-electron chi connectivity index (χ1n) is 15.7. The number of fused-ring (bicyclic) bond motifs is 1. The molecule has 0 saturated carbocycles. The SMILES string of the molecule is COC(=O)c1sc(-n2cnc3cc(-c4ccncc4)ccc32)cc1O[C@@H](CCl)c1ccc(OC2CCN(C(=O)OC(C)(C)C)CC2)cc1. The van der Waals surface area contributed by atoms with E-state index in [1.165, 1.54) is 18.4 Å². The predicted octanol–water partition coefficient (Wildman–Crippen LogP) is 8.07. The summed E-state index contributed by atoms with van der Waals surface area (Å²) in [4.78, 5) is 36.0. The van der Waals surface area contributed by atoms with Gasteiger partial charge < -0.3 is 23.8 Å². The molecule has 0 bridgehead atoms. The van der Waals surface area contributed by atoms with Crippen LogP contribution in [-0.4, -0.2) is 69.3 Å². The van der Waals surface area contributed by atoms with Crippen LogP contribution in [0.5, 0.6) is 11.5 Å². The fourth-order valence-corrected chi connectivity index (χ4v) is 6.73. The van der Waals surface area contributed by atoms with Gasteiger partial charge in [-0.1, -0.05) is 18.2 Å². The number of halogens is 1. The largest absolute Gasteiger partial charge is 0.490 e. The number of imidazole rings is 1. The Hall–Kier alpha value is -4.61. The molecule has 0 unspecified atom stereocenters. The lowest BCUT2D eigenvalue weighted by Gasteiger charge is -2.33. The van der Waals surface area contributed by atoms with Crippen LogP contribution < -0.4 is 9.47 Å². The first kappa shape index (κ1) is 33.3. The van der Waals surface area contributed by atoms with Crippen molar-refractivity contribution in [2.24, 2.45) is 0 Å². The van der Waals surface area contributed by atoms with Crippen molar-refractivity contribution in [2.75, 3.05) is 26.1 Å². The minimum absolute atomic E-state index is 0.0112. The zero-order valence-electron chi connectivity index (χ0n) is 27.2. The van der Waals surface area contributed by atoms with E-state index >= 15 is 0 Å². The Bertz CT molecular complexity index is 1880. The van der Waals surface area contributed by atoms with Crippen LogP contribution in [0.15, 0.2) is 79.4 Å². The number of carbonyl (C=O) groups excluding carboxylic acids is 2. The van der Waals surface area contributed by atoms with Gasteiger partial charge in [-0.3, -0.25) is 9.55 Å². The van der Waals surface area contributed by atoms with Crippen LogP contribution in [0.25, 0.3) is 27.2 Å². The fraction of sp³-hybridized carbons (Fsp3) is 0.333. The Balaban J connectivity index is 1.15. The van der Waals surface area contributed by atoms with Crippen molar-refractivity contribution in [2.45, 2.75) is 51.4 Å². The molecule has 2 aromatic carbocycles. The van der Waals surface area contributed by atoms with Gasteiger partial charge in [-0.05, 0) is 73.9 Å². The Morgan fingerprint density at radius 1 is 1.00 bits per heavy atom. The molecule has 1 fully saturated rings. The van der Waals surface area contributed by atoms with Crippen LogP contribution in [0.4, 0.5) is 4.79 Å². The zero-order valence-corrected chi connectivity index (χ0v) is 28.8. The number of hydrogen-bond donors (Lipinski definition) is 0. The van der Waals surface area contributed by atoms with Gasteiger partial charge >= 0.3 is 12.1 Å². The van der Waals surface area contributed by atoms with Crippen molar-refractivity contribution in [1.82, 2.24) is 19.4 Å². The minimum atomic E-state index is -0.536. The number of piperidine rings is 1. The van der Waals surface area contributed by atoms with Crippen molar-refractivity contribution in [1.29, 1.82) is 0 Å². The van der Waals surface area contributed by atoms with E-state index in [1.807, 2.05) is 86.0 Å². The number of likely N-dealkylation sites (tertiary alicyclic amines) is 1. The lowest BCUT2D eigenvalue weighted by molar-refractivity contribution is 0.0126. The number of pyridine rings is 1. The molecule has 1 aliphatic heterocycles. The van der Waals surface area contributed by atoms with E-state index in [4.69, 9.17) is 30.5 Å². The third-order valence-electron chi connectivity index (χ3n) is 7.91. The molecule has 1 atom stereocenters. The summed E-state index contributed by atoms with van der Waals surface area (Å²) in [6.07, 6.45) is 5.84. The standard InChI is InChI=1S/C36H37ClN4O6S/c1-36(2,3)47-35(43)40-17-13-27(14-18-40)45-26-8-5-24(6-9-26)31(21-37)46-30-20-32(48-33(30)34(42)44-4)41-22-39-28-19-25(7-10-29(28)41)23-11-15-38-16-12-23/h5-12,15-16,19-20,22,27,31H,13-14,17-18,21H2,1-4H3/t31-/m0/s1. The van der Waals surface area contributed by atoms with E-state index in [1.54, 1.807) is 23.6 Å². The normalized spacial score (nSPS) is 14.5. The number of rotatable bonds is 9. The summed E-state index contributed by atoms with van der Waals surface area (Å²) in [6.45, 7) is 6.74. The number of carbonyl (C=O) groups is 2. The van der Waals surface area contributed by atoms with Crippen LogP contribution in [0.2, 0.25) is 0 Å². The second kappa shape index (κ2) is 14.2. The van der Waals surface area contributed by atoms with Gasteiger partial charge in [-0.15, -0.1) is 22.9 Å². The fourth-order valence-electron chi connectivity index (χ4n) is 5.49. The van der Waals surface area contributed by atoms with Crippen LogP contribution in [0.1, 0.15) is 55.0 Å². The number of alkyl halides is 1. The molecular formula is C36H37ClN4O6S. The molecule has 250 valence electrons. The van der Waals surface area contributed by atoms with Crippen molar-refractivity contribution >= 4 is 46.0 Å². The second-order valence-electron chi connectivity index (χ2n) is 12.4. The highest BCUT2D eigenvalue weighted by atomic mass is 35.5. The highest BCUT2D eigenvalue weighted by molar-refractivity contribution is 7.16. The number of esters is 1. The lowest BCUT2D eigenvalue weighted by Crippen LogP contribution is -2.44. The number of hydrogen-bond acceptors (Lipinski definition) is 9. The number of aromatic nitrogens is 3. The zero-order chi connectivity index (χ0) is 33.8. The van der Waals surface area contributed by atoms with Gasteiger partial charge in [-0.2, -0.15) is 0 Å². The van der Waals surface area contributed by atoms with E-state index in [0.29, 0.717) is 36.6 Å². The van der Waals surface area contributed by atoms with E-state index < -0.39 is 17.7 Å². The summed E-state index contributed by atoms with van der Waals surface area (Å²) in [5, 5.41) is 0.749. The summed E-state index contributed by atoms with van der Waals surface area (Å²) >= 11 is 7.67. The molecule has 4 heterocycles. The Morgan fingerprint density at radius 2 is 1.73 bits per heavy atom. The molecule has 0 aliphatic carbocycles. The van der Waals surface area contributed by atoms with Gasteiger partial charge in [0.2, 0.25) is 0 Å². The van der Waals surface area contributed by atoms with Crippen molar-refractivity contribution in [3.8, 4) is 27.6 Å². The van der Waals surface area contributed by atoms with E-state index in [2.05, 4.69) is 9.97 Å². The van der Waals surface area contributed by atoms with Crippen molar-refractivity contribution < 1.29 is 28.5 Å². The molecule has 10 nitrogen and oxygen atoms in total. The van der Waals surface area contributed by atoms with Gasteiger partial charge in [0.1, 0.15) is 40.6 Å². The smallest absolute Gasteiger partial charge is 0.410 e. The maximum Gasteiger partial charge on any atom is 0.410 e. The summed E-state index contributed by atoms with van der Waals surface area (Å²) in [6, 6.07) is 19.4. The highest BCUT2D eigenvalue weighted by Crippen LogP contribution is 2.38. The molecule has 0 N–H and O–H groups in total. The lowest BCUT2D eigenvalue weighted by atomic mass is 10.1. The Morgan fingerprint density at radius 3 is 2.40 bits per heavy atom. The number of nitrogens with zero attached hydrogens (tertiary/aromatic N) is 4. The maximum atomic E-state index is 12.8. The highest BCUT2D eigenvalue weighted by Gasteiger charge is 2.28. The molecule has 1 saturated heterocycles. The van der Waals surface area contributed by atoms with E-state index in [9.17, 15) is 9.59 Å². The number of ether oxygens (including phenoxy) is 4. The van der Waals surface area contributed by atoms with Gasteiger partial charge in [0.25, 0.3) is 0 Å². The maximum absolute atomic E-state index is 12.8. The molecule has 12 heteroatoms. The van der Waals surface area contributed by atoms with Crippen LogP contribution in [0, 0.1) is 0 Å². The second-order valence-corrected chi connectivity index (χ2v) is 13.8. The molecule has 1 amide bonds. The van der Waals surface area contributed by atoms with Crippen molar-refractivity contribution in [3.63, 3.8) is 0 Å². The van der Waals surface area contributed by atoms with Crippen LogP contribution in [0.3, 0.4) is 0 Å². The Labute approximate surface area is 288 Å². The molecule has 3 aromatic heterocycles. The van der Waals surface area contributed by atoms with Gasteiger partial charge in [-0.25, -0.2) is 14.6 Å².